The van der Waals surface area contributed by atoms with Gasteiger partial charge >= 0.3 is 17.9 Å². The van der Waals surface area contributed by atoms with E-state index in [9.17, 15) is 19.6 Å². The Bertz CT molecular complexity index is 927. The van der Waals surface area contributed by atoms with Crippen LogP contribution in [0.25, 0.3) is 0 Å². The highest BCUT2D eigenvalue weighted by atomic mass is 32.2. The lowest BCUT2D eigenvalue weighted by Gasteiger charge is -2.29. The maximum atomic E-state index is 12.5. The van der Waals surface area contributed by atoms with Crippen molar-refractivity contribution in [3.8, 4) is 6.07 Å². The van der Waals surface area contributed by atoms with Gasteiger partial charge in [-0.2, -0.15) is 5.26 Å². The summed E-state index contributed by atoms with van der Waals surface area (Å²) < 4.78 is 14.3. The summed E-state index contributed by atoms with van der Waals surface area (Å²) in [5, 5.41) is 13.3. The van der Waals surface area contributed by atoms with Crippen molar-refractivity contribution in [1.29, 1.82) is 5.26 Å². The number of nitrogens with one attached hydrogen (secondary N) is 1. The molecule has 0 aliphatic carbocycles. The second-order valence-corrected chi connectivity index (χ2v) is 6.91. The van der Waals surface area contributed by atoms with E-state index in [0.29, 0.717) is 21.9 Å². The SMILES string of the molecule is COC(=O)CSC1=C(C#N)C(c2ccc(C(=O)OC)cc2)C(C(=O)OC)=C(C)N1. The number of carbonyl (C=O) groups is 3. The maximum absolute atomic E-state index is 12.5. The molecule has 1 atom stereocenters. The van der Waals surface area contributed by atoms with E-state index in [0.717, 1.165) is 11.8 Å². The van der Waals surface area contributed by atoms with E-state index in [1.807, 2.05) is 0 Å². The first-order valence-electron chi connectivity index (χ1n) is 8.46. The van der Waals surface area contributed by atoms with Crippen molar-refractivity contribution < 1.29 is 28.6 Å². The number of ether oxygens (including phenoxy) is 3. The van der Waals surface area contributed by atoms with Crippen molar-refractivity contribution in [2.24, 2.45) is 0 Å². The summed E-state index contributed by atoms with van der Waals surface area (Å²) in [5.41, 5.74) is 2.00. The van der Waals surface area contributed by atoms with Crippen LogP contribution in [0.2, 0.25) is 0 Å². The van der Waals surface area contributed by atoms with Gasteiger partial charge in [0.1, 0.15) is 0 Å². The van der Waals surface area contributed by atoms with E-state index in [4.69, 9.17) is 9.47 Å². The molecule has 1 aliphatic rings. The van der Waals surface area contributed by atoms with E-state index in [2.05, 4.69) is 16.1 Å². The van der Waals surface area contributed by atoms with Crippen LogP contribution in [0.1, 0.15) is 28.8 Å². The predicted octanol–water partition coefficient (Wildman–Crippen LogP) is 2.25. The number of allylic oxidation sites excluding steroid dienone is 2. The highest BCUT2D eigenvalue weighted by molar-refractivity contribution is 8.03. The molecule has 8 nitrogen and oxygen atoms in total. The van der Waals surface area contributed by atoms with E-state index in [1.165, 1.54) is 21.3 Å². The second-order valence-electron chi connectivity index (χ2n) is 5.92. The number of dihydropyridines is 1. The fourth-order valence-electron chi connectivity index (χ4n) is 2.86. The Hall–Kier alpha value is -3.25. The van der Waals surface area contributed by atoms with Crippen LogP contribution in [0.15, 0.2) is 46.1 Å². The lowest BCUT2D eigenvalue weighted by molar-refractivity contribution is -0.138. The minimum Gasteiger partial charge on any atom is -0.468 e. The largest absolute Gasteiger partial charge is 0.468 e. The Morgan fingerprint density at radius 1 is 1.07 bits per heavy atom. The molecule has 152 valence electrons. The number of nitriles is 1. The van der Waals surface area contributed by atoms with Crippen molar-refractivity contribution >= 4 is 29.7 Å². The van der Waals surface area contributed by atoms with Gasteiger partial charge in [-0.15, -0.1) is 0 Å². The summed E-state index contributed by atoms with van der Waals surface area (Å²) in [7, 11) is 3.83. The summed E-state index contributed by atoms with van der Waals surface area (Å²) in [6.45, 7) is 1.69. The number of nitrogens with zero attached hydrogens (tertiary/aromatic N) is 1. The van der Waals surface area contributed by atoms with Gasteiger partial charge in [-0.1, -0.05) is 23.9 Å². The zero-order valence-electron chi connectivity index (χ0n) is 16.4. The van der Waals surface area contributed by atoms with E-state index < -0.39 is 23.8 Å². The minimum absolute atomic E-state index is 0.00114. The first-order valence-corrected chi connectivity index (χ1v) is 9.44. The molecule has 0 aromatic heterocycles. The second kappa shape index (κ2) is 9.80. The molecule has 1 aliphatic heterocycles. The molecular formula is C20H20N2O6S. The van der Waals surface area contributed by atoms with Crippen LogP contribution in [0.5, 0.6) is 0 Å². The van der Waals surface area contributed by atoms with Crippen molar-refractivity contribution in [1.82, 2.24) is 5.32 Å². The van der Waals surface area contributed by atoms with Crippen LogP contribution in [0, 0.1) is 11.3 Å². The average Bonchev–Trinajstić information content (AvgIpc) is 2.75. The smallest absolute Gasteiger partial charge is 0.337 e. The van der Waals surface area contributed by atoms with Crippen molar-refractivity contribution in [3.05, 3.63) is 57.3 Å². The molecule has 0 saturated carbocycles. The molecule has 29 heavy (non-hydrogen) atoms. The zero-order chi connectivity index (χ0) is 21.6. The summed E-state index contributed by atoms with van der Waals surface area (Å²) in [5.74, 6) is -2.24. The summed E-state index contributed by atoms with van der Waals surface area (Å²) in [6.07, 6.45) is 0. The fraction of sp³-hybridized carbons (Fsp3) is 0.300. The maximum Gasteiger partial charge on any atom is 0.337 e. The zero-order valence-corrected chi connectivity index (χ0v) is 17.2. The van der Waals surface area contributed by atoms with Crippen molar-refractivity contribution in [2.45, 2.75) is 12.8 Å². The fourth-order valence-corrected chi connectivity index (χ4v) is 3.78. The van der Waals surface area contributed by atoms with Gasteiger partial charge in [0, 0.05) is 5.70 Å². The number of carbonyl (C=O) groups excluding carboxylic acids is 3. The van der Waals surface area contributed by atoms with Gasteiger partial charge < -0.3 is 19.5 Å². The third-order valence-corrected chi connectivity index (χ3v) is 5.27. The van der Waals surface area contributed by atoms with E-state index in [1.54, 1.807) is 31.2 Å². The summed E-state index contributed by atoms with van der Waals surface area (Å²) in [4.78, 5) is 35.7. The lowest BCUT2D eigenvalue weighted by Crippen LogP contribution is -2.28. The highest BCUT2D eigenvalue weighted by Gasteiger charge is 2.35. The van der Waals surface area contributed by atoms with E-state index >= 15 is 0 Å². The van der Waals surface area contributed by atoms with Gasteiger partial charge in [-0.05, 0) is 24.6 Å². The number of hydrogen-bond acceptors (Lipinski definition) is 9. The van der Waals surface area contributed by atoms with Gasteiger partial charge in [0.15, 0.2) is 0 Å². The Morgan fingerprint density at radius 3 is 2.21 bits per heavy atom. The number of methoxy groups -OCH3 is 3. The van der Waals surface area contributed by atoms with E-state index in [-0.39, 0.29) is 16.9 Å². The average molecular weight is 416 g/mol. The molecule has 1 N–H and O–H groups in total. The van der Waals surface area contributed by atoms with Gasteiger partial charge in [0.2, 0.25) is 0 Å². The molecule has 2 rings (SSSR count). The van der Waals surface area contributed by atoms with Crippen molar-refractivity contribution in [3.63, 3.8) is 0 Å². The molecule has 1 unspecified atom stereocenters. The standard InChI is InChI=1S/C20H20N2O6S/c1-11-16(20(25)28-4)17(12-5-7-13(8-6-12)19(24)27-3)14(9-21)18(22-11)29-10-15(23)26-2/h5-8,17,22H,10H2,1-4H3. The molecule has 9 heteroatoms. The molecule has 0 saturated heterocycles. The molecule has 1 aromatic carbocycles. The number of thioether (sulfide) groups is 1. The van der Waals surface area contributed by atoms with Crippen LogP contribution in [0.4, 0.5) is 0 Å². The van der Waals surface area contributed by atoms with Gasteiger partial charge in [-0.3, -0.25) is 4.79 Å². The molecule has 0 radical (unpaired) electrons. The van der Waals surface area contributed by atoms with Crippen LogP contribution in [-0.2, 0) is 23.8 Å². The number of hydrogen-bond donors (Lipinski definition) is 1. The Labute approximate surface area is 172 Å². The minimum atomic E-state index is -0.722. The predicted molar refractivity (Wildman–Crippen MR) is 105 cm³/mol. The Kier molecular flexibility index (Phi) is 7.45. The van der Waals surface area contributed by atoms with Crippen LogP contribution < -0.4 is 5.32 Å². The lowest BCUT2D eigenvalue weighted by atomic mass is 9.82. The topological polar surface area (TPSA) is 115 Å². The van der Waals surface area contributed by atoms with Gasteiger partial charge in [0.05, 0.1) is 60.8 Å². The number of rotatable bonds is 6. The third-order valence-electron chi connectivity index (χ3n) is 4.28. The van der Waals surface area contributed by atoms with Gasteiger partial charge in [0.25, 0.3) is 0 Å². The van der Waals surface area contributed by atoms with Crippen LogP contribution >= 0.6 is 11.8 Å². The molecule has 1 aromatic rings. The Balaban J connectivity index is 2.55. The first-order chi connectivity index (χ1) is 13.9. The highest BCUT2D eigenvalue weighted by Crippen LogP contribution is 2.41. The molecule has 0 spiro atoms. The normalized spacial score (nSPS) is 15.9. The third kappa shape index (κ3) is 4.78. The molecule has 0 amide bonds. The van der Waals surface area contributed by atoms with Crippen LogP contribution in [-0.4, -0.2) is 45.0 Å². The molecule has 1 heterocycles. The molecular weight excluding hydrogens is 396 g/mol. The van der Waals surface area contributed by atoms with Crippen LogP contribution in [0.3, 0.4) is 0 Å². The monoisotopic (exact) mass is 416 g/mol. The molecule has 0 bridgehead atoms. The number of esters is 3. The number of benzene rings is 1. The quantitative estimate of drug-likeness (QED) is 0.551. The summed E-state index contributed by atoms with van der Waals surface area (Å²) >= 11 is 1.11. The Morgan fingerprint density at radius 2 is 1.69 bits per heavy atom. The van der Waals surface area contributed by atoms with Gasteiger partial charge in [-0.25, -0.2) is 9.59 Å². The first kappa shape index (κ1) is 22.0. The summed E-state index contributed by atoms with van der Waals surface area (Å²) in [6, 6.07) is 8.55. The van der Waals surface area contributed by atoms with Crippen molar-refractivity contribution in [2.75, 3.05) is 27.1 Å². The molecule has 0 fully saturated rings.